The molecule has 0 N–H and O–H groups in total. The summed E-state index contributed by atoms with van der Waals surface area (Å²) in [5.41, 5.74) is 12.6. The standard InChI is InChI=1S/C16H13.C11H13NSi.2ClH.Zr/c1-12-10-14-8-5-9-15(16(14)11-12)13-6-3-2-4-7-13;1-6-5-8-9(12-6)11-7(2)10(8)13(11,3)4;;;/h2-11H,1H3;5H,1-4H3;2*1H;/q;;;;+2/p-2. The maximum atomic E-state index is 4.62. The Bertz CT molecular complexity index is 1250. The van der Waals surface area contributed by atoms with Crippen molar-refractivity contribution >= 4 is 19.9 Å². The number of fused-ring (bicyclic) bond motifs is 1. The summed E-state index contributed by atoms with van der Waals surface area (Å²) in [6.45, 7) is 11.4. The fraction of sp³-hybridized carbons (Fsp3) is 0.222. The van der Waals surface area contributed by atoms with Crippen molar-refractivity contribution in [1.82, 2.24) is 0 Å². The van der Waals surface area contributed by atoms with Crippen LogP contribution in [0.25, 0.3) is 17.2 Å². The van der Waals surface area contributed by atoms with Crippen LogP contribution in [0, 0.1) is 0 Å². The van der Waals surface area contributed by atoms with Crippen LogP contribution in [0.1, 0.15) is 35.5 Å². The molecular formula is C27H26Cl2NSiZr. The van der Waals surface area contributed by atoms with Gasteiger partial charge >= 0.3 is 118 Å². The Hall–Kier alpha value is -1.25. The average molecular weight is 555 g/mol. The van der Waals surface area contributed by atoms with Crippen LogP contribution in [0.5, 0.6) is 0 Å². The van der Waals surface area contributed by atoms with E-state index < -0.39 is 8.07 Å². The van der Waals surface area contributed by atoms with E-state index in [2.05, 4.69) is 99.5 Å². The Morgan fingerprint density at radius 2 is 1.53 bits per heavy atom. The molecule has 0 saturated heterocycles. The normalized spacial score (nSPS) is 20.6. The third-order valence-corrected chi connectivity index (χ3v) is 12.4. The second kappa shape index (κ2) is 9.18. The number of rotatable bonds is 1. The van der Waals surface area contributed by atoms with Gasteiger partial charge < -0.3 is 24.8 Å². The monoisotopic (exact) mass is 552 g/mol. The molecule has 1 unspecified atom stereocenters. The van der Waals surface area contributed by atoms with Crippen molar-refractivity contribution in [2.45, 2.75) is 37.5 Å². The smallest absolute Gasteiger partial charge is 0.116 e. The van der Waals surface area contributed by atoms with Gasteiger partial charge in [0.25, 0.3) is 0 Å². The number of nitrogens with zero attached hydrogens (tertiary/aromatic N) is 1. The number of hydrogen-bond donors (Lipinski definition) is 0. The Morgan fingerprint density at radius 1 is 0.844 bits per heavy atom. The fourth-order valence-corrected chi connectivity index (χ4v) is 10.1. The van der Waals surface area contributed by atoms with Crippen LogP contribution in [0.15, 0.2) is 92.4 Å². The third-order valence-electron chi connectivity index (χ3n) is 6.77. The molecule has 7 rings (SSSR count). The summed E-state index contributed by atoms with van der Waals surface area (Å²) in [6, 6.07) is 17.3. The molecule has 0 radical (unpaired) electrons. The van der Waals surface area contributed by atoms with Crippen molar-refractivity contribution in [3.8, 4) is 11.1 Å². The van der Waals surface area contributed by atoms with Crippen molar-refractivity contribution in [3.63, 3.8) is 0 Å². The molecular weight excluding hydrogens is 529 g/mol. The third kappa shape index (κ3) is 3.76. The van der Waals surface area contributed by atoms with E-state index in [1.807, 2.05) is 0 Å². The molecule has 3 heterocycles. The molecule has 2 bridgehead atoms. The molecule has 32 heavy (non-hydrogen) atoms. The molecule has 0 spiro atoms. The number of benzene rings is 2. The van der Waals surface area contributed by atoms with E-state index in [-0.39, 0.29) is 24.8 Å². The topological polar surface area (TPSA) is 12.4 Å². The summed E-state index contributed by atoms with van der Waals surface area (Å²) in [4.78, 5) is 4.62. The minimum absolute atomic E-state index is 0. The SMILES string of the molecule is CC1=Cc2c(-c3ccccc3)cccc2[CH]1[Zr+2].CC1=NC2=C3C(C)=C(C2=C1)[Si]3(C)C.[Cl-].[Cl-]. The quantitative estimate of drug-likeness (QED) is 0.469. The van der Waals surface area contributed by atoms with Gasteiger partial charge in [-0.2, -0.15) is 0 Å². The summed E-state index contributed by atoms with van der Waals surface area (Å²) >= 11 is 1.58. The first-order valence-electron chi connectivity index (χ1n) is 10.6. The van der Waals surface area contributed by atoms with Crippen molar-refractivity contribution in [3.05, 3.63) is 98.5 Å². The van der Waals surface area contributed by atoms with Gasteiger partial charge in [-0.15, -0.1) is 0 Å². The maximum absolute atomic E-state index is 4.62. The Balaban J connectivity index is 0.000000175. The number of aliphatic imine (C=N–C) groups is 1. The van der Waals surface area contributed by atoms with Crippen LogP contribution in [0.4, 0.5) is 0 Å². The molecule has 0 amide bonds. The van der Waals surface area contributed by atoms with Crippen LogP contribution in [-0.2, 0) is 24.7 Å². The fourth-order valence-electron chi connectivity index (χ4n) is 5.49. The predicted octanol–water partition coefficient (Wildman–Crippen LogP) is 1.14. The summed E-state index contributed by atoms with van der Waals surface area (Å²) < 4.78 is 0.654. The van der Waals surface area contributed by atoms with E-state index in [1.165, 1.54) is 50.4 Å². The van der Waals surface area contributed by atoms with Crippen LogP contribution in [0.2, 0.25) is 13.1 Å². The minimum Gasteiger partial charge on any atom is -1.00 e. The molecule has 2 aromatic rings. The zero-order chi connectivity index (χ0) is 21.2. The molecule has 0 fully saturated rings. The van der Waals surface area contributed by atoms with Gasteiger partial charge in [-0.25, -0.2) is 0 Å². The predicted molar refractivity (Wildman–Crippen MR) is 127 cm³/mol. The first-order valence-corrected chi connectivity index (χ1v) is 15.0. The van der Waals surface area contributed by atoms with Gasteiger partial charge in [0.15, 0.2) is 0 Å². The summed E-state index contributed by atoms with van der Waals surface area (Å²) in [5.74, 6) is 0. The van der Waals surface area contributed by atoms with Gasteiger partial charge in [0.1, 0.15) is 8.07 Å². The zero-order valence-electron chi connectivity index (χ0n) is 19.1. The van der Waals surface area contributed by atoms with Crippen molar-refractivity contribution in [2.75, 3.05) is 0 Å². The first-order chi connectivity index (χ1) is 14.3. The number of halogens is 2. The van der Waals surface area contributed by atoms with Gasteiger partial charge in [0.2, 0.25) is 0 Å². The van der Waals surface area contributed by atoms with Crippen molar-refractivity contribution < 1.29 is 49.5 Å². The van der Waals surface area contributed by atoms with Crippen molar-refractivity contribution in [1.29, 1.82) is 0 Å². The van der Waals surface area contributed by atoms with E-state index in [0.29, 0.717) is 3.63 Å². The minimum atomic E-state index is -1.15. The van der Waals surface area contributed by atoms with Gasteiger partial charge in [-0.3, -0.25) is 4.99 Å². The second-order valence-corrected chi connectivity index (χ2v) is 14.8. The zero-order valence-corrected chi connectivity index (χ0v) is 24.0. The Labute approximate surface area is 220 Å². The second-order valence-electron chi connectivity index (χ2n) is 9.16. The molecule has 5 aliphatic rings. The van der Waals surface area contributed by atoms with E-state index >= 15 is 0 Å². The maximum Gasteiger partial charge on any atom is 0.116 e. The van der Waals surface area contributed by atoms with Crippen molar-refractivity contribution in [2.24, 2.45) is 4.99 Å². The molecule has 0 aromatic heterocycles. The summed E-state index contributed by atoms with van der Waals surface area (Å²) in [7, 11) is -1.15. The molecule has 2 aliphatic carbocycles. The molecule has 3 aliphatic heterocycles. The van der Waals surface area contributed by atoms with Crippen LogP contribution in [-0.4, -0.2) is 13.8 Å². The first kappa shape index (κ1) is 25.4. The van der Waals surface area contributed by atoms with Gasteiger partial charge in [-0.05, 0) is 35.9 Å². The largest absolute Gasteiger partial charge is 1.00 e. The molecule has 0 saturated carbocycles. The van der Waals surface area contributed by atoms with E-state index in [0.717, 1.165) is 0 Å². The molecule has 1 atom stereocenters. The van der Waals surface area contributed by atoms with Crippen LogP contribution < -0.4 is 24.8 Å². The molecule has 5 heteroatoms. The van der Waals surface area contributed by atoms with Gasteiger partial charge in [0.05, 0.1) is 5.70 Å². The molecule has 1 nitrogen and oxygen atoms in total. The van der Waals surface area contributed by atoms with E-state index in [9.17, 15) is 0 Å². The Kier molecular flexibility index (Phi) is 7.28. The summed E-state index contributed by atoms with van der Waals surface area (Å²) in [6.07, 6.45) is 4.61. The van der Waals surface area contributed by atoms with Crippen LogP contribution >= 0.6 is 0 Å². The number of hydrogen-bond acceptors (Lipinski definition) is 1. The Morgan fingerprint density at radius 3 is 2.16 bits per heavy atom. The van der Waals surface area contributed by atoms with E-state index in [4.69, 9.17) is 0 Å². The number of allylic oxidation sites excluding steroid dienone is 5. The van der Waals surface area contributed by atoms with Gasteiger partial charge in [0, 0.05) is 11.3 Å². The average Bonchev–Trinajstić information content (AvgIpc) is 3.36. The van der Waals surface area contributed by atoms with Crippen LogP contribution in [0.3, 0.4) is 0 Å². The molecule has 2 aromatic carbocycles. The summed E-state index contributed by atoms with van der Waals surface area (Å²) in [5, 5.41) is 3.28. The molecule has 161 valence electrons. The van der Waals surface area contributed by atoms with E-state index in [1.54, 1.807) is 35.1 Å². The van der Waals surface area contributed by atoms with Gasteiger partial charge in [-0.1, -0.05) is 13.1 Å².